The van der Waals surface area contributed by atoms with E-state index in [0.717, 1.165) is 22.2 Å². The first-order valence-corrected chi connectivity index (χ1v) is 12.2. The van der Waals surface area contributed by atoms with Gasteiger partial charge in [0.25, 0.3) is 11.1 Å². The van der Waals surface area contributed by atoms with E-state index in [-0.39, 0.29) is 22.0 Å². The van der Waals surface area contributed by atoms with Crippen LogP contribution in [0.2, 0.25) is 10.0 Å². The Labute approximate surface area is 216 Å². The average Bonchev–Trinajstić information content (AvgIpc) is 3.08. The molecule has 0 aromatic heterocycles. The molecule has 0 saturated carbocycles. The van der Waals surface area contributed by atoms with Crippen LogP contribution >= 0.6 is 35.0 Å². The number of benzene rings is 3. The second-order valence-corrected chi connectivity index (χ2v) is 9.36. The Morgan fingerprint density at radius 2 is 1.80 bits per heavy atom. The van der Waals surface area contributed by atoms with Crippen molar-refractivity contribution in [1.29, 1.82) is 0 Å². The van der Waals surface area contributed by atoms with Crippen molar-refractivity contribution in [2.75, 3.05) is 6.61 Å². The van der Waals surface area contributed by atoms with Crippen LogP contribution in [0.25, 0.3) is 6.08 Å². The van der Waals surface area contributed by atoms with Gasteiger partial charge in [0.2, 0.25) is 0 Å². The van der Waals surface area contributed by atoms with Crippen molar-refractivity contribution in [2.24, 2.45) is 0 Å². The van der Waals surface area contributed by atoms with Crippen LogP contribution < -0.4 is 9.47 Å². The maximum absolute atomic E-state index is 14.2. The molecule has 180 valence electrons. The molecular formula is C26H20Cl2FNO4S. The molecule has 0 N–H and O–H groups in total. The molecule has 1 saturated heterocycles. The van der Waals surface area contributed by atoms with Crippen molar-refractivity contribution in [2.45, 2.75) is 20.1 Å². The van der Waals surface area contributed by atoms with Gasteiger partial charge < -0.3 is 9.47 Å². The fraction of sp³-hybridized carbons (Fsp3) is 0.154. The lowest BCUT2D eigenvalue weighted by atomic mass is 10.1. The number of imide groups is 1. The molecule has 4 rings (SSSR count). The van der Waals surface area contributed by atoms with Gasteiger partial charge in [-0.15, -0.1) is 0 Å². The summed E-state index contributed by atoms with van der Waals surface area (Å²) in [5.41, 5.74) is 1.66. The van der Waals surface area contributed by atoms with E-state index in [1.165, 1.54) is 18.2 Å². The van der Waals surface area contributed by atoms with Crippen LogP contribution in [0, 0.1) is 5.82 Å². The van der Waals surface area contributed by atoms with Gasteiger partial charge in [-0.2, -0.15) is 0 Å². The summed E-state index contributed by atoms with van der Waals surface area (Å²) in [6.07, 6.45) is 1.59. The van der Waals surface area contributed by atoms with Gasteiger partial charge in [-0.3, -0.25) is 14.5 Å². The third-order valence-corrected chi connectivity index (χ3v) is 6.60. The Kier molecular flexibility index (Phi) is 8.00. The van der Waals surface area contributed by atoms with Gasteiger partial charge in [0.15, 0.2) is 11.5 Å². The molecule has 1 fully saturated rings. The molecule has 2 amide bonds. The first kappa shape index (κ1) is 25.1. The van der Waals surface area contributed by atoms with Crippen LogP contribution in [0.1, 0.15) is 23.6 Å². The second kappa shape index (κ2) is 11.2. The lowest BCUT2D eigenvalue weighted by Crippen LogP contribution is -2.28. The van der Waals surface area contributed by atoms with Crippen LogP contribution in [0.4, 0.5) is 9.18 Å². The van der Waals surface area contributed by atoms with E-state index in [0.29, 0.717) is 35.3 Å². The molecule has 0 radical (unpaired) electrons. The summed E-state index contributed by atoms with van der Waals surface area (Å²) in [6, 6.07) is 16.8. The molecular weight excluding hydrogens is 512 g/mol. The number of hydrogen-bond acceptors (Lipinski definition) is 5. The van der Waals surface area contributed by atoms with Crippen molar-refractivity contribution < 1.29 is 23.5 Å². The maximum atomic E-state index is 14.2. The SMILES string of the molecule is CCOc1cc(/C=C2\SC(=O)N(Cc3c(F)cccc3Cl)C2=O)ccc1OCc1cccc(Cl)c1. The average molecular weight is 532 g/mol. The van der Waals surface area contributed by atoms with Crippen LogP contribution in [0.3, 0.4) is 0 Å². The van der Waals surface area contributed by atoms with E-state index in [4.69, 9.17) is 32.7 Å². The topological polar surface area (TPSA) is 55.8 Å². The number of hydrogen-bond donors (Lipinski definition) is 0. The Morgan fingerprint density at radius 3 is 2.54 bits per heavy atom. The van der Waals surface area contributed by atoms with Crippen LogP contribution in [0.15, 0.2) is 65.6 Å². The molecule has 1 heterocycles. The van der Waals surface area contributed by atoms with Gasteiger partial charge in [-0.1, -0.05) is 47.5 Å². The number of amides is 2. The highest BCUT2D eigenvalue weighted by atomic mass is 35.5. The smallest absolute Gasteiger partial charge is 0.293 e. The van der Waals surface area contributed by atoms with Gasteiger partial charge in [0.05, 0.1) is 18.1 Å². The quantitative estimate of drug-likeness (QED) is 0.284. The minimum Gasteiger partial charge on any atom is -0.490 e. The third-order valence-electron chi connectivity index (χ3n) is 5.10. The van der Waals surface area contributed by atoms with Crippen molar-refractivity contribution in [3.63, 3.8) is 0 Å². The molecule has 5 nitrogen and oxygen atoms in total. The zero-order valence-corrected chi connectivity index (χ0v) is 20.9. The predicted molar refractivity (Wildman–Crippen MR) is 136 cm³/mol. The van der Waals surface area contributed by atoms with Crippen molar-refractivity contribution in [1.82, 2.24) is 4.90 Å². The summed E-state index contributed by atoms with van der Waals surface area (Å²) in [7, 11) is 0. The van der Waals surface area contributed by atoms with Gasteiger partial charge in [0.1, 0.15) is 12.4 Å². The van der Waals surface area contributed by atoms with Gasteiger partial charge in [0, 0.05) is 15.6 Å². The molecule has 0 spiro atoms. The number of ether oxygens (including phenoxy) is 2. The third kappa shape index (κ3) is 5.99. The molecule has 3 aromatic rings. The van der Waals surface area contributed by atoms with Crippen molar-refractivity contribution in [3.05, 3.63) is 98.1 Å². The number of carbonyl (C=O) groups excluding carboxylic acids is 2. The Bertz CT molecular complexity index is 1290. The highest BCUT2D eigenvalue weighted by Crippen LogP contribution is 2.36. The fourth-order valence-corrected chi connectivity index (χ4v) is 4.69. The molecule has 9 heteroatoms. The lowest BCUT2D eigenvalue weighted by Gasteiger charge is -2.14. The van der Waals surface area contributed by atoms with Crippen LogP contribution in [-0.2, 0) is 17.9 Å². The monoisotopic (exact) mass is 531 g/mol. The molecule has 1 aliphatic rings. The minimum atomic E-state index is -0.574. The summed E-state index contributed by atoms with van der Waals surface area (Å²) >= 11 is 12.9. The van der Waals surface area contributed by atoms with E-state index in [9.17, 15) is 14.0 Å². The number of rotatable bonds is 8. The highest BCUT2D eigenvalue weighted by molar-refractivity contribution is 8.18. The molecule has 0 atom stereocenters. The van der Waals surface area contributed by atoms with E-state index in [1.54, 1.807) is 30.3 Å². The largest absolute Gasteiger partial charge is 0.490 e. The first-order chi connectivity index (χ1) is 16.9. The highest BCUT2D eigenvalue weighted by Gasteiger charge is 2.36. The maximum Gasteiger partial charge on any atom is 0.293 e. The normalized spacial score (nSPS) is 14.6. The summed E-state index contributed by atoms with van der Waals surface area (Å²) < 4.78 is 25.8. The Morgan fingerprint density at radius 1 is 1.00 bits per heavy atom. The number of halogens is 3. The molecule has 0 bridgehead atoms. The zero-order valence-electron chi connectivity index (χ0n) is 18.6. The standard InChI is InChI=1S/C26H20Cl2FNO4S/c1-2-33-23-12-16(9-10-22(23)34-15-17-5-3-6-18(27)11-17)13-24-25(31)30(26(32)35-24)14-19-20(28)7-4-8-21(19)29/h3-13H,2,14-15H2,1H3/b24-13-. The van der Waals surface area contributed by atoms with Crippen molar-refractivity contribution >= 4 is 52.2 Å². The van der Waals surface area contributed by atoms with Gasteiger partial charge in [-0.05, 0) is 72.3 Å². The van der Waals surface area contributed by atoms with E-state index in [1.807, 2.05) is 25.1 Å². The van der Waals surface area contributed by atoms with E-state index in [2.05, 4.69) is 0 Å². The Hall–Kier alpha value is -3.00. The minimum absolute atomic E-state index is 0.0950. The van der Waals surface area contributed by atoms with E-state index >= 15 is 0 Å². The Balaban J connectivity index is 1.53. The summed E-state index contributed by atoms with van der Waals surface area (Å²) in [4.78, 5) is 26.6. The summed E-state index contributed by atoms with van der Waals surface area (Å²) in [5, 5.41) is 0.285. The van der Waals surface area contributed by atoms with Gasteiger partial charge in [-0.25, -0.2) is 4.39 Å². The molecule has 0 aliphatic carbocycles. The molecule has 35 heavy (non-hydrogen) atoms. The number of thioether (sulfide) groups is 1. The number of carbonyl (C=O) groups is 2. The van der Waals surface area contributed by atoms with Gasteiger partial charge >= 0.3 is 0 Å². The zero-order chi connectivity index (χ0) is 24.9. The summed E-state index contributed by atoms with van der Waals surface area (Å²) in [5.74, 6) is -0.0549. The number of nitrogens with zero attached hydrogens (tertiary/aromatic N) is 1. The second-order valence-electron chi connectivity index (χ2n) is 7.53. The van der Waals surface area contributed by atoms with E-state index < -0.39 is 17.0 Å². The molecule has 3 aromatic carbocycles. The summed E-state index contributed by atoms with van der Waals surface area (Å²) in [6.45, 7) is 2.33. The van der Waals surface area contributed by atoms with Crippen LogP contribution in [0.5, 0.6) is 11.5 Å². The molecule has 1 aliphatic heterocycles. The first-order valence-electron chi connectivity index (χ1n) is 10.7. The van der Waals surface area contributed by atoms with Crippen LogP contribution in [-0.4, -0.2) is 22.7 Å². The fourth-order valence-electron chi connectivity index (χ4n) is 3.42. The predicted octanol–water partition coefficient (Wildman–Crippen LogP) is 7.35. The molecule has 0 unspecified atom stereocenters. The lowest BCUT2D eigenvalue weighted by molar-refractivity contribution is -0.123. The van der Waals surface area contributed by atoms with Crippen molar-refractivity contribution in [3.8, 4) is 11.5 Å².